The third kappa shape index (κ3) is 4.30. The molecule has 0 saturated carbocycles. The summed E-state index contributed by atoms with van der Waals surface area (Å²) in [5.41, 5.74) is 1.27. The molecule has 0 unspecified atom stereocenters. The van der Waals surface area contributed by atoms with Crippen molar-refractivity contribution in [1.82, 2.24) is 25.2 Å². The molecule has 10 heteroatoms. The second kappa shape index (κ2) is 8.30. The van der Waals surface area contributed by atoms with Crippen LogP contribution in [0.5, 0.6) is 0 Å². The molecule has 0 aliphatic carbocycles. The van der Waals surface area contributed by atoms with Crippen LogP contribution in [0.4, 0.5) is 4.39 Å². The molecule has 7 nitrogen and oxygen atoms in total. The average Bonchev–Trinajstić information content (AvgIpc) is 3.47. The minimum atomic E-state index is -0.486. The number of likely N-dealkylation sites (tertiary alicyclic amines) is 1. The fraction of sp³-hybridized carbons (Fsp3) is 0.263. The molecule has 0 radical (unpaired) electrons. The molecule has 1 aliphatic rings. The number of carbonyl (C=O) groups excluding carboxylic acids is 1. The van der Waals surface area contributed by atoms with Gasteiger partial charge in [-0.15, -0.1) is 16.4 Å². The number of carbonyl (C=O) groups is 1. The van der Waals surface area contributed by atoms with E-state index >= 15 is 0 Å². The zero-order chi connectivity index (χ0) is 20.4. The molecule has 0 spiro atoms. The summed E-state index contributed by atoms with van der Waals surface area (Å²) in [6.45, 7) is 1.82. The van der Waals surface area contributed by atoms with E-state index in [0.29, 0.717) is 26.3 Å². The number of nitrogens with zero attached hydrogens (tertiary/aromatic N) is 4. The molecule has 0 bridgehead atoms. The predicted octanol–water partition coefficient (Wildman–Crippen LogP) is 3.47. The van der Waals surface area contributed by atoms with Gasteiger partial charge in [-0.25, -0.2) is 9.07 Å². The van der Waals surface area contributed by atoms with Crippen molar-refractivity contribution in [3.05, 3.63) is 62.8 Å². The summed E-state index contributed by atoms with van der Waals surface area (Å²) >= 11 is 7.03. The van der Waals surface area contributed by atoms with Crippen LogP contribution >= 0.6 is 22.9 Å². The van der Waals surface area contributed by atoms with Crippen LogP contribution in [0.3, 0.4) is 0 Å². The van der Waals surface area contributed by atoms with Crippen LogP contribution in [0.1, 0.15) is 33.8 Å². The summed E-state index contributed by atoms with van der Waals surface area (Å²) in [6, 6.07) is 7.95. The fourth-order valence-electron chi connectivity index (χ4n) is 3.15. The number of nitrogens with one attached hydrogen (secondary N) is 2. The number of hydrogen-bond acceptors (Lipinski definition) is 5. The van der Waals surface area contributed by atoms with Gasteiger partial charge >= 0.3 is 0 Å². The predicted molar refractivity (Wildman–Crippen MR) is 109 cm³/mol. The molecular formula is C19H18ClFN6OS. The molecule has 1 amide bonds. The lowest BCUT2D eigenvalue weighted by molar-refractivity contribution is 0.0954. The van der Waals surface area contributed by atoms with Gasteiger partial charge < -0.3 is 10.2 Å². The van der Waals surface area contributed by atoms with E-state index in [4.69, 9.17) is 17.0 Å². The van der Waals surface area contributed by atoms with Crippen molar-refractivity contribution in [3.8, 4) is 5.69 Å². The molecule has 1 aromatic carbocycles. The molecule has 2 aromatic heterocycles. The maximum atomic E-state index is 14.6. The van der Waals surface area contributed by atoms with Crippen molar-refractivity contribution in [2.24, 2.45) is 0 Å². The number of amidine groups is 1. The number of amides is 1. The van der Waals surface area contributed by atoms with E-state index in [9.17, 15) is 9.18 Å². The first-order valence-corrected chi connectivity index (χ1v) is 10.3. The van der Waals surface area contributed by atoms with E-state index in [0.717, 1.165) is 25.9 Å². The highest BCUT2D eigenvalue weighted by Gasteiger charge is 2.18. The maximum Gasteiger partial charge on any atom is 0.261 e. The highest BCUT2D eigenvalue weighted by atomic mass is 35.5. The molecule has 150 valence electrons. The zero-order valence-electron chi connectivity index (χ0n) is 15.4. The Labute approximate surface area is 175 Å². The quantitative estimate of drug-likeness (QED) is 0.477. The Hall–Kier alpha value is -2.78. The Morgan fingerprint density at radius 1 is 1.28 bits per heavy atom. The first-order valence-electron chi connectivity index (χ1n) is 9.10. The van der Waals surface area contributed by atoms with Gasteiger partial charge in [-0.3, -0.25) is 10.2 Å². The molecule has 1 aliphatic heterocycles. The second-order valence-corrected chi connectivity index (χ2v) is 8.36. The molecule has 29 heavy (non-hydrogen) atoms. The van der Waals surface area contributed by atoms with Gasteiger partial charge in [-0.05, 0) is 43.2 Å². The Balaban J connectivity index is 1.43. The Morgan fingerprint density at radius 3 is 2.76 bits per heavy atom. The lowest BCUT2D eigenvalue weighted by Crippen LogP contribution is -2.27. The Morgan fingerprint density at radius 2 is 2.07 bits per heavy atom. The lowest BCUT2D eigenvalue weighted by atomic mass is 10.1. The standard InChI is InChI=1S/C19H18ClFN6OS/c20-17-6-5-16(29-17)19(28)23-10-13-11-27(25-24-13)15-4-3-12(9-14(15)21)18(22)26-7-1-2-8-26/h3-6,9,11,22H,1-2,7-8,10H2,(H,23,28). The third-order valence-corrected chi connectivity index (χ3v) is 5.89. The highest BCUT2D eigenvalue weighted by molar-refractivity contribution is 7.17. The van der Waals surface area contributed by atoms with Gasteiger partial charge in [0.1, 0.15) is 23.0 Å². The second-order valence-electron chi connectivity index (χ2n) is 6.65. The summed E-state index contributed by atoms with van der Waals surface area (Å²) in [7, 11) is 0. The van der Waals surface area contributed by atoms with E-state index in [1.165, 1.54) is 22.1 Å². The number of benzene rings is 1. The fourth-order valence-corrected chi connectivity index (χ4v) is 4.11. The van der Waals surface area contributed by atoms with Crippen molar-refractivity contribution in [3.63, 3.8) is 0 Å². The minimum Gasteiger partial charge on any atom is -0.357 e. The van der Waals surface area contributed by atoms with E-state index in [2.05, 4.69) is 15.6 Å². The molecule has 2 N–H and O–H groups in total. The van der Waals surface area contributed by atoms with Crippen molar-refractivity contribution >= 4 is 34.7 Å². The van der Waals surface area contributed by atoms with Gasteiger partial charge in [0.25, 0.3) is 5.91 Å². The smallest absolute Gasteiger partial charge is 0.261 e. The largest absolute Gasteiger partial charge is 0.357 e. The molecule has 1 fully saturated rings. The Kier molecular flexibility index (Phi) is 5.59. The van der Waals surface area contributed by atoms with Crippen molar-refractivity contribution in [2.45, 2.75) is 19.4 Å². The van der Waals surface area contributed by atoms with Crippen LogP contribution in [0.25, 0.3) is 5.69 Å². The van der Waals surface area contributed by atoms with Gasteiger partial charge in [-0.1, -0.05) is 16.8 Å². The van der Waals surface area contributed by atoms with Gasteiger partial charge in [-0.2, -0.15) is 0 Å². The zero-order valence-corrected chi connectivity index (χ0v) is 16.9. The van der Waals surface area contributed by atoms with Crippen LogP contribution in [-0.2, 0) is 6.54 Å². The van der Waals surface area contributed by atoms with Crippen molar-refractivity contribution in [2.75, 3.05) is 13.1 Å². The number of thiophene rings is 1. The molecule has 0 atom stereocenters. The summed E-state index contributed by atoms with van der Waals surface area (Å²) < 4.78 is 16.5. The molecule has 1 saturated heterocycles. The highest BCUT2D eigenvalue weighted by Crippen LogP contribution is 2.21. The number of halogens is 2. The van der Waals surface area contributed by atoms with Crippen LogP contribution < -0.4 is 5.32 Å². The number of hydrogen-bond donors (Lipinski definition) is 2. The Bertz CT molecular complexity index is 1060. The van der Waals surface area contributed by atoms with E-state index < -0.39 is 5.82 Å². The number of aromatic nitrogens is 3. The van der Waals surface area contributed by atoms with E-state index in [1.807, 2.05) is 4.90 Å². The molecule has 3 aromatic rings. The summed E-state index contributed by atoms with van der Waals surface area (Å²) in [5, 5.41) is 18.9. The molecule has 4 rings (SSSR count). The first kappa shape index (κ1) is 19.5. The summed E-state index contributed by atoms with van der Waals surface area (Å²) in [5.74, 6) is -0.406. The van der Waals surface area contributed by atoms with Gasteiger partial charge in [0, 0.05) is 18.7 Å². The maximum absolute atomic E-state index is 14.6. The van der Waals surface area contributed by atoms with Crippen molar-refractivity contribution in [1.29, 1.82) is 5.41 Å². The first-order chi connectivity index (χ1) is 14.0. The average molecular weight is 433 g/mol. The minimum absolute atomic E-state index is 0.160. The van der Waals surface area contributed by atoms with Crippen LogP contribution in [-0.4, -0.2) is 44.7 Å². The summed E-state index contributed by atoms with van der Waals surface area (Å²) in [6.07, 6.45) is 3.67. The topological polar surface area (TPSA) is 86.9 Å². The monoisotopic (exact) mass is 432 g/mol. The molecule has 3 heterocycles. The lowest BCUT2D eigenvalue weighted by Gasteiger charge is -2.18. The van der Waals surface area contributed by atoms with Crippen LogP contribution in [0, 0.1) is 11.2 Å². The van der Waals surface area contributed by atoms with Crippen molar-refractivity contribution < 1.29 is 9.18 Å². The van der Waals surface area contributed by atoms with Gasteiger partial charge in [0.15, 0.2) is 0 Å². The number of rotatable bonds is 5. The normalized spacial score (nSPS) is 13.7. The van der Waals surface area contributed by atoms with E-state index in [-0.39, 0.29) is 18.1 Å². The van der Waals surface area contributed by atoms with Gasteiger partial charge in [0.05, 0.1) is 22.0 Å². The molecular weight excluding hydrogens is 415 g/mol. The van der Waals surface area contributed by atoms with Gasteiger partial charge in [0.2, 0.25) is 0 Å². The van der Waals surface area contributed by atoms with E-state index in [1.54, 1.807) is 30.5 Å². The third-order valence-electron chi connectivity index (χ3n) is 4.66. The summed E-state index contributed by atoms with van der Waals surface area (Å²) in [4.78, 5) is 14.5. The SMILES string of the molecule is N=C(c1ccc(-n2cc(CNC(=O)c3ccc(Cl)s3)nn2)c(F)c1)N1CCCC1. The van der Waals surface area contributed by atoms with Crippen LogP contribution in [0.15, 0.2) is 36.5 Å². The van der Waals surface area contributed by atoms with Crippen LogP contribution in [0.2, 0.25) is 4.34 Å².